The molecule has 1 atom stereocenters. The summed E-state index contributed by atoms with van der Waals surface area (Å²) in [5.74, 6) is 5.67. The molecule has 0 spiro atoms. The molecule has 2 rings (SSSR count). The van der Waals surface area contributed by atoms with Gasteiger partial charge in [-0.1, -0.05) is 49.2 Å². The number of rotatable bonds is 5. The molecule has 0 bridgehead atoms. The van der Waals surface area contributed by atoms with Crippen molar-refractivity contribution in [1.82, 2.24) is 10.4 Å². The van der Waals surface area contributed by atoms with Crippen molar-refractivity contribution in [3.05, 3.63) is 64.4 Å². The molecule has 0 saturated carbocycles. The zero-order chi connectivity index (χ0) is 13.7. The van der Waals surface area contributed by atoms with Gasteiger partial charge in [0, 0.05) is 6.20 Å². The second-order valence-electron chi connectivity index (χ2n) is 4.50. The normalized spacial score (nSPS) is 12.4. The fourth-order valence-corrected chi connectivity index (χ4v) is 2.33. The summed E-state index contributed by atoms with van der Waals surface area (Å²) in [5.41, 5.74) is 6.29. The van der Waals surface area contributed by atoms with E-state index in [0.29, 0.717) is 5.15 Å². The maximum absolute atomic E-state index is 5.92. The third kappa shape index (κ3) is 3.53. The van der Waals surface area contributed by atoms with Crippen molar-refractivity contribution in [2.24, 2.45) is 5.84 Å². The lowest BCUT2D eigenvalue weighted by Crippen LogP contribution is -2.28. The van der Waals surface area contributed by atoms with Gasteiger partial charge in [-0.15, -0.1) is 0 Å². The topological polar surface area (TPSA) is 50.9 Å². The molecule has 0 fully saturated rings. The van der Waals surface area contributed by atoms with Gasteiger partial charge < -0.3 is 0 Å². The molecule has 4 heteroatoms. The van der Waals surface area contributed by atoms with Gasteiger partial charge in [-0.3, -0.25) is 5.84 Å². The molecule has 1 aromatic heterocycles. The third-order valence-electron chi connectivity index (χ3n) is 3.10. The molecule has 0 radical (unpaired) electrons. The minimum Gasteiger partial charge on any atom is -0.271 e. The van der Waals surface area contributed by atoms with E-state index < -0.39 is 0 Å². The SMILES string of the molecule is CCCc1ccc(C(NN)c2ccnc(Cl)c2)cc1. The van der Waals surface area contributed by atoms with Gasteiger partial charge >= 0.3 is 0 Å². The Labute approximate surface area is 118 Å². The molecule has 1 aromatic carbocycles. The van der Waals surface area contributed by atoms with Gasteiger partial charge in [-0.25, -0.2) is 10.4 Å². The van der Waals surface area contributed by atoms with Crippen LogP contribution in [0.4, 0.5) is 0 Å². The highest BCUT2D eigenvalue weighted by Crippen LogP contribution is 2.23. The van der Waals surface area contributed by atoms with Crippen LogP contribution in [0.2, 0.25) is 5.15 Å². The van der Waals surface area contributed by atoms with Gasteiger partial charge in [-0.2, -0.15) is 0 Å². The van der Waals surface area contributed by atoms with Crippen molar-refractivity contribution >= 4 is 11.6 Å². The first-order chi connectivity index (χ1) is 9.24. The lowest BCUT2D eigenvalue weighted by Gasteiger charge is -2.17. The van der Waals surface area contributed by atoms with Crippen LogP contribution in [-0.2, 0) is 6.42 Å². The van der Waals surface area contributed by atoms with Gasteiger partial charge in [-0.05, 0) is 35.2 Å². The Morgan fingerprint density at radius 1 is 1.21 bits per heavy atom. The first-order valence-corrected chi connectivity index (χ1v) is 6.78. The van der Waals surface area contributed by atoms with E-state index in [1.54, 1.807) is 6.20 Å². The fourth-order valence-electron chi connectivity index (χ4n) is 2.15. The van der Waals surface area contributed by atoms with Crippen LogP contribution in [0.5, 0.6) is 0 Å². The van der Waals surface area contributed by atoms with E-state index in [4.69, 9.17) is 17.4 Å². The predicted octanol–water partition coefficient (Wildman–Crippen LogP) is 3.24. The van der Waals surface area contributed by atoms with E-state index in [9.17, 15) is 0 Å². The summed E-state index contributed by atoms with van der Waals surface area (Å²) in [6.07, 6.45) is 3.94. The second-order valence-corrected chi connectivity index (χ2v) is 4.89. The highest BCUT2D eigenvalue weighted by molar-refractivity contribution is 6.29. The zero-order valence-electron chi connectivity index (χ0n) is 10.9. The van der Waals surface area contributed by atoms with Crippen LogP contribution in [0.3, 0.4) is 0 Å². The summed E-state index contributed by atoms with van der Waals surface area (Å²) in [6, 6.07) is 12.2. The molecule has 1 unspecified atom stereocenters. The molecule has 0 saturated heterocycles. The average molecular weight is 276 g/mol. The quantitative estimate of drug-likeness (QED) is 0.500. The Kier molecular flexibility index (Phi) is 4.91. The minimum atomic E-state index is -0.0730. The molecule has 19 heavy (non-hydrogen) atoms. The van der Waals surface area contributed by atoms with Crippen molar-refractivity contribution in [2.75, 3.05) is 0 Å². The van der Waals surface area contributed by atoms with Crippen LogP contribution in [0.15, 0.2) is 42.6 Å². The highest BCUT2D eigenvalue weighted by atomic mass is 35.5. The van der Waals surface area contributed by atoms with Crippen LogP contribution in [0.1, 0.15) is 36.1 Å². The van der Waals surface area contributed by atoms with Crippen LogP contribution >= 0.6 is 11.6 Å². The summed E-state index contributed by atoms with van der Waals surface area (Å²) in [5, 5.41) is 0.473. The summed E-state index contributed by atoms with van der Waals surface area (Å²) in [7, 11) is 0. The molecule has 0 amide bonds. The second kappa shape index (κ2) is 6.66. The summed E-state index contributed by atoms with van der Waals surface area (Å²) >= 11 is 5.92. The van der Waals surface area contributed by atoms with Crippen molar-refractivity contribution in [2.45, 2.75) is 25.8 Å². The van der Waals surface area contributed by atoms with Crippen molar-refractivity contribution < 1.29 is 0 Å². The van der Waals surface area contributed by atoms with E-state index in [1.165, 1.54) is 5.56 Å². The summed E-state index contributed by atoms with van der Waals surface area (Å²) in [4.78, 5) is 3.99. The molecule has 3 N–H and O–H groups in total. The monoisotopic (exact) mass is 275 g/mol. The van der Waals surface area contributed by atoms with Gasteiger partial charge in [0.05, 0.1) is 6.04 Å². The fraction of sp³-hybridized carbons (Fsp3) is 0.267. The van der Waals surface area contributed by atoms with Crippen LogP contribution in [-0.4, -0.2) is 4.98 Å². The smallest absolute Gasteiger partial charge is 0.129 e. The number of benzene rings is 1. The molecular weight excluding hydrogens is 258 g/mol. The lowest BCUT2D eigenvalue weighted by molar-refractivity contribution is 0.636. The highest BCUT2D eigenvalue weighted by Gasteiger charge is 2.12. The first kappa shape index (κ1) is 14.0. The zero-order valence-corrected chi connectivity index (χ0v) is 11.7. The number of hydrazine groups is 1. The van der Waals surface area contributed by atoms with E-state index in [1.807, 2.05) is 12.1 Å². The van der Waals surface area contributed by atoms with Gasteiger partial charge in [0.1, 0.15) is 5.15 Å². The Balaban J connectivity index is 2.26. The van der Waals surface area contributed by atoms with E-state index in [-0.39, 0.29) is 6.04 Å². The Morgan fingerprint density at radius 2 is 1.95 bits per heavy atom. The average Bonchev–Trinajstić information content (AvgIpc) is 2.42. The van der Waals surface area contributed by atoms with Gasteiger partial charge in [0.15, 0.2) is 0 Å². The Morgan fingerprint density at radius 3 is 2.53 bits per heavy atom. The molecular formula is C15H18ClN3. The number of aromatic nitrogens is 1. The Hall–Kier alpha value is -1.42. The maximum Gasteiger partial charge on any atom is 0.129 e. The van der Waals surface area contributed by atoms with Crippen molar-refractivity contribution in [1.29, 1.82) is 0 Å². The standard InChI is InChI=1S/C15H18ClN3/c1-2-3-11-4-6-12(7-5-11)15(19-17)13-8-9-18-14(16)10-13/h4-10,15,19H,2-3,17H2,1H3. The van der Waals surface area contributed by atoms with Gasteiger partial charge in [0.25, 0.3) is 0 Å². The molecule has 100 valence electrons. The number of halogens is 1. The summed E-state index contributed by atoms with van der Waals surface area (Å²) in [6.45, 7) is 2.18. The van der Waals surface area contributed by atoms with Crippen molar-refractivity contribution in [3.63, 3.8) is 0 Å². The number of aryl methyl sites for hydroxylation is 1. The van der Waals surface area contributed by atoms with E-state index in [2.05, 4.69) is 41.6 Å². The lowest BCUT2D eigenvalue weighted by atomic mass is 9.98. The Bertz CT molecular complexity index is 525. The molecule has 3 nitrogen and oxygen atoms in total. The number of pyridine rings is 1. The largest absolute Gasteiger partial charge is 0.271 e. The number of hydrogen-bond donors (Lipinski definition) is 2. The van der Waals surface area contributed by atoms with E-state index in [0.717, 1.165) is 24.0 Å². The van der Waals surface area contributed by atoms with Crippen LogP contribution in [0.25, 0.3) is 0 Å². The molecule has 1 heterocycles. The number of nitrogens with two attached hydrogens (primary N) is 1. The maximum atomic E-state index is 5.92. The van der Waals surface area contributed by atoms with Crippen LogP contribution < -0.4 is 11.3 Å². The first-order valence-electron chi connectivity index (χ1n) is 6.41. The third-order valence-corrected chi connectivity index (χ3v) is 3.31. The molecule has 0 aliphatic carbocycles. The number of hydrogen-bond acceptors (Lipinski definition) is 3. The van der Waals surface area contributed by atoms with E-state index >= 15 is 0 Å². The minimum absolute atomic E-state index is 0.0730. The molecule has 0 aliphatic rings. The number of nitrogens with zero attached hydrogens (tertiary/aromatic N) is 1. The summed E-state index contributed by atoms with van der Waals surface area (Å²) < 4.78 is 0. The predicted molar refractivity (Wildman–Crippen MR) is 78.9 cm³/mol. The van der Waals surface area contributed by atoms with Crippen LogP contribution in [0, 0.1) is 0 Å². The molecule has 0 aliphatic heterocycles. The van der Waals surface area contributed by atoms with Crippen molar-refractivity contribution in [3.8, 4) is 0 Å². The molecule has 2 aromatic rings. The van der Waals surface area contributed by atoms with Gasteiger partial charge in [0.2, 0.25) is 0 Å². The number of nitrogens with one attached hydrogen (secondary N) is 1.